The van der Waals surface area contributed by atoms with Crippen molar-refractivity contribution in [3.8, 4) is 0 Å². The highest BCUT2D eigenvalue weighted by atomic mass is 16.1. The Balaban J connectivity index is 2.93. The lowest BCUT2D eigenvalue weighted by atomic mass is 10.0. The van der Waals surface area contributed by atoms with Crippen LogP contribution >= 0.6 is 0 Å². The van der Waals surface area contributed by atoms with Crippen molar-refractivity contribution in [2.75, 3.05) is 11.1 Å². The molecule has 0 bridgehead atoms. The van der Waals surface area contributed by atoms with Gasteiger partial charge in [0, 0.05) is 17.8 Å². The molecule has 3 N–H and O–H groups in total. The number of nitrogen functional groups attached to an aromatic ring is 1. The molecule has 0 aliphatic rings. The van der Waals surface area contributed by atoms with Crippen LogP contribution in [0.3, 0.4) is 0 Å². The Morgan fingerprint density at radius 2 is 2.06 bits per heavy atom. The van der Waals surface area contributed by atoms with E-state index in [4.69, 9.17) is 5.73 Å². The van der Waals surface area contributed by atoms with Crippen molar-refractivity contribution in [2.45, 2.75) is 40.5 Å². The van der Waals surface area contributed by atoms with Crippen LogP contribution in [0.25, 0.3) is 0 Å². The molecule has 3 nitrogen and oxygen atoms in total. The summed E-state index contributed by atoms with van der Waals surface area (Å²) in [6.07, 6.45) is 1.41. The highest BCUT2D eigenvalue weighted by molar-refractivity contribution is 5.92. The summed E-state index contributed by atoms with van der Waals surface area (Å²) >= 11 is 0. The van der Waals surface area contributed by atoms with Crippen LogP contribution in [0.15, 0.2) is 12.1 Å². The van der Waals surface area contributed by atoms with Gasteiger partial charge in [-0.05, 0) is 42.5 Å². The smallest absolute Gasteiger partial charge is 0.224 e. The van der Waals surface area contributed by atoms with E-state index < -0.39 is 0 Å². The molecule has 0 aromatic heterocycles. The Labute approximate surface area is 103 Å². The number of rotatable bonds is 4. The monoisotopic (exact) mass is 234 g/mol. The Morgan fingerprint density at radius 1 is 1.41 bits per heavy atom. The summed E-state index contributed by atoms with van der Waals surface area (Å²) in [6.45, 7) is 8.11. The zero-order chi connectivity index (χ0) is 13.0. The second-order valence-corrected chi connectivity index (χ2v) is 4.87. The average molecular weight is 234 g/mol. The van der Waals surface area contributed by atoms with Gasteiger partial charge in [-0.1, -0.05) is 20.8 Å². The van der Waals surface area contributed by atoms with Crippen molar-refractivity contribution in [1.82, 2.24) is 0 Å². The second kappa shape index (κ2) is 5.71. The quantitative estimate of drug-likeness (QED) is 0.786. The molecule has 0 aliphatic heterocycles. The zero-order valence-corrected chi connectivity index (χ0v) is 11.1. The van der Waals surface area contributed by atoms with Crippen molar-refractivity contribution in [3.63, 3.8) is 0 Å². The number of benzene rings is 1. The lowest BCUT2D eigenvalue weighted by molar-refractivity contribution is -0.116. The van der Waals surface area contributed by atoms with Crippen molar-refractivity contribution in [1.29, 1.82) is 0 Å². The van der Waals surface area contributed by atoms with E-state index in [9.17, 15) is 4.79 Å². The molecule has 0 fully saturated rings. The van der Waals surface area contributed by atoms with E-state index in [1.807, 2.05) is 32.9 Å². The lowest BCUT2D eigenvalue weighted by Gasteiger charge is -2.15. The van der Waals surface area contributed by atoms with Gasteiger partial charge in [0.15, 0.2) is 0 Å². The predicted molar refractivity (Wildman–Crippen MR) is 73.1 cm³/mol. The number of hydrogen-bond donors (Lipinski definition) is 2. The first-order valence-corrected chi connectivity index (χ1v) is 6.12. The van der Waals surface area contributed by atoms with E-state index >= 15 is 0 Å². The third kappa shape index (κ3) is 3.77. The van der Waals surface area contributed by atoms with E-state index in [1.165, 1.54) is 0 Å². The topological polar surface area (TPSA) is 55.1 Å². The maximum absolute atomic E-state index is 11.8. The van der Waals surface area contributed by atoms with E-state index in [0.717, 1.165) is 28.9 Å². The molecule has 0 saturated carbocycles. The highest BCUT2D eigenvalue weighted by Crippen LogP contribution is 2.25. The molecule has 0 radical (unpaired) electrons. The fourth-order valence-corrected chi connectivity index (χ4v) is 1.91. The molecule has 0 saturated heterocycles. The normalized spacial score (nSPS) is 10.6. The summed E-state index contributed by atoms with van der Waals surface area (Å²) in [5.41, 5.74) is 9.60. The minimum atomic E-state index is 0.0718. The van der Waals surface area contributed by atoms with Gasteiger partial charge in [0.1, 0.15) is 0 Å². The van der Waals surface area contributed by atoms with Crippen molar-refractivity contribution < 1.29 is 4.79 Å². The fourth-order valence-electron chi connectivity index (χ4n) is 1.91. The first kappa shape index (κ1) is 13.6. The first-order valence-electron chi connectivity index (χ1n) is 6.12. The molecular weight excluding hydrogens is 212 g/mol. The standard InChI is InChI=1S/C14H22N2O/c1-5-11-8-12(15)7-10(4)14(11)16-13(17)6-9(2)3/h7-9H,5-6,15H2,1-4H3,(H,16,17). The Morgan fingerprint density at radius 3 is 2.59 bits per heavy atom. The van der Waals surface area contributed by atoms with Crippen LogP contribution in [-0.2, 0) is 11.2 Å². The van der Waals surface area contributed by atoms with Crippen LogP contribution < -0.4 is 11.1 Å². The number of carbonyl (C=O) groups is 1. The van der Waals surface area contributed by atoms with Gasteiger partial charge in [0.25, 0.3) is 0 Å². The minimum Gasteiger partial charge on any atom is -0.399 e. The molecule has 0 aliphatic carbocycles. The molecule has 1 aromatic carbocycles. The van der Waals surface area contributed by atoms with Gasteiger partial charge < -0.3 is 11.1 Å². The SMILES string of the molecule is CCc1cc(N)cc(C)c1NC(=O)CC(C)C. The number of nitrogens with two attached hydrogens (primary N) is 1. The summed E-state index contributed by atoms with van der Waals surface area (Å²) in [4.78, 5) is 11.8. The molecule has 17 heavy (non-hydrogen) atoms. The third-order valence-electron chi connectivity index (χ3n) is 2.68. The van der Waals surface area contributed by atoms with Crippen LogP contribution in [-0.4, -0.2) is 5.91 Å². The van der Waals surface area contributed by atoms with Gasteiger partial charge in [-0.15, -0.1) is 0 Å². The number of carbonyl (C=O) groups excluding carboxylic acids is 1. The van der Waals surface area contributed by atoms with Gasteiger partial charge in [0.05, 0.1) is 0 Å². The number of amides is 1. The van der Waals surface area contributed by atoms with Gasteiger partial charge in [-0.2, -0.15) is 0 Å². The summed E-state index contributed by atoms with van der Waals surface area (Å²) < 4.78 is 0. The molecule has 1 amide bonds. The zero-order valence-electron chi connectivity index (χ0n) is 11.1. The molecule has 0 spiro atoms. The third-order valence-corrected chi connectivity index (χ3v) is 2.68. The maximum atomic E-state index is 11.8. The summed E-state index contributed by atoms with van der Waals surface area (Å²) in [5, 5.41) is 2.99. The molecular formula is C14H22N2O. The van der Waals surface area contributed by atoms with Gasteiger partial charge in [-0.25, -0.2) is 0 Å². The van der Waals surface area contributed by atoms with Gasteiger partial charge >= 0.3 is 0 Å². The van der Waals surface area contributed by atoms with E-state index in [2.05, 4.69) is 12.2 Å². The largest absolute Gasteiger partial charge is 0.399 e. The lowest BCUT2D eigenvalue weighted by Crippen LogP contribution is -2.16. The number of hydrogen-bond acceptors (Lipinski definition) is 2. The van der Waals surface area contributed by atoms with Crippen LogP contribution in [0.5, 0.6) is 0 Å². The molecule has 0 heterocycles. The molecule has 0 unspecified atom stereocenters. The predicted octanol–water partition coefficient (Wildman–Crippen LogP) is 3.12. The van der Waals surface area contributed by atoms with E-state index in [0.29, 0.717) is 12.3 Å². The number of nitrogens with one attached hydrogen (secondary N) is 1. The van der Waals surface area contributed by atoms with E-state index in [1.54, 1.807) is 0 Å². The fraction of sp³-hybridized carbons (Fsp3) is 0.500. The average Bonchev–Trinajstić information content (AvgIpc) is 2.20. The summed E-state index contributed by atoms with van der Waals surface area (Å²) in [7, 11) is 0. The molecule has 94 valence electrons. The molecule has 1 rings (SSSR count). The van der Waals surface area contributed by atoms with Crippen LogP contribution in [0.1, 0.15) is 38.3 Å². The van der Waals surface area contributed by atoms with Crippen molar-refractivity contribution >= 4 is 17.3 Å². The Hall–Kier alpha value is -1.51. The van der Waals surface area contributed by atoms with Gasteiger partial charge in [0.2, 0.25) is 5.91 Å². The first-order chi connectivity index (χ1) is 7.93. The number of aryl methyl sites for hydroxylation is 2. The number of anilines is 2. The molecule has 0 atom stereocenters. The van der Waals surface area contributed by atoms with E-state index in [-0.39, 0.29) is 5.91 Å². The minimum absolute atomic E-state index is 0.0718. The van der Waals surface area contributed by atoms with Crippen LogP contribution in [0, 0.1) is 12.8 Å². The Kier molecular flexibility index (Phi) is 4.55. The summed E-state index contributed by atoms with van der Waals surface area (Å²) in [6, 6.07) is 3.82. The maximum Gasteiger partial charge on any atom is 0.224 e. The van der Waals surface area contributed by atoms with Crippen molar-refractivity contribution in [2.24, 2.45) is 5.92 Å². The highest BCUT2D eigenvalue weighted by Gasteiger charge is 2.10. The van der Waals surface area contributed by atoms with Crippen molar-refractivity contribution in [3.05, 3.63) is 23.3 Å². The van der Waals surface area contributed by atoms with Crippen LogP contribution in [0.4, 0.5) is 11.4 Å². The molecule has 1 aromatic rings. The summed E-state index contributed by atoms with van der Waals surface area (Å²) in [5.74, 6) is 0.441. The molecule has 3 heteroatoms. The van der Waals surface area contributed by atoms with Crippen LogP contribution in [0.2, 0.25) is 0 Å². The van der Waals surface area contributed by atoms with Gasteiger partial charge in [-0.3, -0.25) is 4.79 Å². The second-order valence-electron chi connectivity index (χ2n) is 4.87. The Bertz CT molecular complexity index is 411.